The molecule has 2 aromatic rings. The predicted octanol–water partition coefficient (Wildman–Crippen LogP) is 1.41. The summed E-state index contributed by atoms with van der Waals surface area (Å²) in [6.45, 7) is 1.60. The number of carbonyl (C=O) groups is 2. The minimum atomic E-state index is -1.18. The number of aromatic carboxylic acids is 1. The number of primary amides is 1. The Labute approximate surface area is 108 Å². The van der Waals surface area contributed by atoms with Crippen LogP contribution in [0.1, 0.15) is 28.9 Å². The largest absolute Gasteiger partial charge is 0.478 e. The molecule has 0 spiro atoms. The summed E-state index contributed by atoms with van der Waals surface area (Å²) < 4.78 is 0. The Bertz CT molecular complexity index is 660. The summed E-state index contributed by atoms with van der Waals surface area (Å²) in [7, 11) is 0. The molecule has 100 valence electrons. The number of urea groups is 1. The van der Waals surface area contributed by atoms with E-state index in [1.54, 1.807) is 25.1 Å². The number of amides is 2. The highest BCUT2D eigenvalue weighted by atomic mass is 16.4. The van der Waals surface area contributed by atoms with Crippen LogP contribution in [-0.4, -0.2) is 27.2 Å². The maximum absolute atomic E-state index is 11.2. The Hall–Kier alpha value is -2.54. The highest BCUT2D eigenvalue weighted by Gasteiger charge is 2.19. The Balaban J connectivity index is 2.65. The summed E-state index contributed by atoms with van der Waals surface area (Å²) >= 11 is 0. The number of carbonyl (C=O) groups excluding carboxylic acids is 1. The van der Waals surface area contributed by atoms with E-state index in [-0.39, 0.29) is 11.4 Å². The first-order valence-corrected chi connectivity index (χ1v) is 5.53. The van der Waals surface area contributed by atoms with Gasteiger partial charge in [0, 0.05) is 10.9 Å². The van der Waals surface area contributed by atoms with Crippen LogP contribution in [0.5, 0.6) is 0 Å². The first kappa shape index (κ1) is 12.9. The van der Waals surface area contributed by atoms with Crippen LogP contribution in [0.4, 0.5) is 10.6 Å². The van der Waals surface area contributed by atoms with Gasteiger partial charge in [-0.25, -0.2) is 9.59 Å². The van der Waals surface area contributed by atoms with Gasteiger partial charge in [0.2, 0.25) is 0 Å². The summed E-state index contributed by atoms with van der Waals surface area (Å²) in [4.78, 5) is 24.9. The second kappa shape index (κ2) is 4.62. The standard InChI is InChI=1S/C12H13N3O4/c1-5(16)6-2-3-7-8(4-6)14-10(15-12(13)19)9(7)11(17)18/h2-5,14,16H,1H3,(H,17,18)(H3,13,15,19). The van der Waals surface area contributed by atoms with Gasteiger partial charge in [-0.15, -0.1) is 0 Å². The second-order valence-corrected chi connectivity index (χ2v) is 4.15. The van der Waals surface area contributed by atoms with Crippen LogP contribution < -0.4 is 11.1 Å². The molecule has 0 saturated heterocycles. The Morgan fingerprint density at radius 1 is 1.42 bits per heavy atom. The van der Waals surface area contributed by atoms with Crippen molar-refractivity contribution in [3.8, 4) is 0 Å². The molecule has 1 aromatic heterocycles. The molecule has 0 aliphatic carbocycles. The first-order chi connectivity index (χ1) is 8.90. The molecule has 7 nitrogen and oxygen atoms in total. The van der Waals surface area contributed by atoms with Crippen LogP contribution in [-0.2, 0) is 0 Å². The smallest absolute Gasteiger partial charge is 0.340 e. The van der Waals surface area contributed by atoms with E-state index in [0.29, 0.717) is 16.5 Å². The van der Waals surface area contributed by atoms with E-state index in [9.17, 15) is 19.8 Å². The summed E-state index contributed by atoms with van der Waals surface area (Å²) in [5.41, 5.74) is 6.06. The van der Waals surface area contributed by atoms with Crippen molar-refractivity contribution in [3.63, 3.8) is 0 Å². The Morgan fingerprint density at radius 3 is 2.63 bits per heavy atom. The molecule has 0 radical (unpaired) electrons. The molecule has 0 bridgehead atoms. The zero-order valence-electron chi connectivity index (χ0n) is 10.1. The number of hydrogen-bond acceptors (Lipinski definition) is 3. The number of carboxylic acids is 1. The van der Waals surface area contributed by atoms with Crippen LogP contribution in [0, 0.1) is 0 Å². The van der Waals surface area contributed by atoms with Gasteiger partial charge in [0.1, 0.15) is 11.4 Å². The third-order valence-corrected chi connectivity index (χ3v) is 2.77. The fourth-order valence-corrected chi connectivity index (χ4v) is 1.91. The van der Waals surface area contributed by atoms with Crippen LogP contribution in [0.15, 0.2) is 18.2 Å². The monoisotopic (exact) mass is 263 g/mol. The molecule has 0 aliphatic heterocycles. The lowest BCUT2D eigenvalue weighted by Gasteiger charge is -2.03. The van der Waals surface area contributed by atoms with Crippen molar-refractivity contribution < 1.29 is 19.8 Å². The number of fused-ring (bicyclic) bond motifs is 1. The third kappa shape index (κ3) is 2.36. The molecule has 0 saturated carbocycles. The first-order valence-electron chi connectivity index (χ1n) is 5.53. The Morgan fingerprint density at radius 2 is 2.11 bits per heavy atom. The molecule has 2 rings (SSSR count). The summed E-state index contributed by atoms with van der Waals surface area (Å²) in [6.07, 6.45) is -0.673. The number of nitrogens with one attached hydrogen (secondary N) is 2. The lowest BCUT2D eigenvalue weighted by atomic mass is 10.1. The van der Waals surface area contributed by atoms with E-state index in [2.05, 4.69) is 10.3 Å². The van der Waals surface area contributed by atoms with Gasteiger partial charge < -0.3 is 20.9 Å². The molecule has 7 heteroatoms. The maximum Gasteiger partial charge on any atom is 0.340 e. The van der Waals surface area contributed by atoms with Gasteiger partial charge in [-0.1, -0.05) is 12.1 Å². The fourth-order valence-electron chi connectivity index (χ4n) is 1.91. The average Bonchev–Trinajstić information content (AvgIpc) is 2.64. The van der Waals surface area contributed by atoms with Gasteiger partial charge in [-0.3, -0.25) is 5.32 Å². The number of aliphatic hydroxyl groups excluding tert-OH is 1. The van der Waals surface area contributed by atoms with Gasteiger partial charge in [0.05, 0.1) is 6.10 Å². The molecule has 0 fully saturated rings. The number of benzene rings is 1. The summed E-state index contributed by atoms with van der Waals surface area (Å²) in [6, 6.07) is 3.97. The molecular weight excluding hydrogens is 250 g/mol. The van der Waals surface area contributed by atoms with Crippen molar-refractivity contribution in [2.24, 2.45) is 5.73 Å². The number of aromatic amines is 1. The number of hydrogen-bond donors (Lipinski definition) is 5. The van der Waals surface area contributed by atoms with Gasteiger partial charge in [0.25, 0.3) is 0 Å². The molecule has 6 N–H and O–H groups in total. The van der Waals surface area contributed by atoms with E-state index in [1.165, 1.54) is 0 Å². The van der Waals surface area contributed by atoms with Gasteiger partial charge in [-0.2, -0.15) is 0 Å². The fraction of sp³-hybridized carbons (Fsp3) is 0.167. The number of rotatable bonds is 3. The number of anilines is 1. The minimum Gasteiger partial charge on any atom is -0.478 e. The summed E-state index contributed by atoms with van der Waals surface area (Å²) in [5.74, 6) is -1.16. The van der Waals surface area contributed by atoms with E-state index >= 15 is 0 Å². The summed E-state index contributed by atoms with van der Waals surface area (Å²) in [5, 5.41) is 21.3. The predicted molar refractivity (Wildman–Crippen MR) is 69.1 cm³/mol. The number of aliphatic hydroxyl groups is 1. The van der Waals surface area contributed by atoms with Crippen molar-refractivity contribution in [1.82, 2.24) is 4.98 Å². The van der Waals surface area contributed by atoms with Gasteiger partial charge >= 0.3 is 12.0 Å². The third-order valence-electron chi connectivity index (χ3n) is 2.77. The van der Waals surface area contributed by atoms with Crippen molar-refractivity contribution in [2.45, 2.75) is 13.0 Å². The van der Waals surface area contributed by atoms with Crippen LogP contribution in [0.3, 0.4) is 0 Å². The topological polar surface area (TPSA) is 128 Å². The lowest BCUT2D eigenvalue weighted by Crippen LogP contribution is -2.20. The number of carboxylic acid groups (broad SMARTS) is 1. The molecule has 1 heterocycles. The van der Waals surface area contributed by atoms with Crippen LogP contribution >= 0.6 is 0 Å². The maximum atomic E-state index is 11.2. The lowest BCUT2D eigenvalue weighted by molar-refractivity contribution is 0.0700. The molecule has 1 aromatic carbocycles. The molecular formula is C12H13N3O4. The van der Waals surface area contributed by atoms with Crippen LogP contribution in [0.25, 0.3) is 10.9 Å². The zero-order valence-corrected chi connectivity index (χ0v) is 10.1. The molecule has 19 heavy (non-hydrogen) atoms. The van der Waals surface area contributed by atoms with Crippen molar-refractivity contribution in [2.75, 3.05) is 5.32 Å². The van der Waals surface area contributed by atoms with Gasteiger partial charge in [-0.05, 0) is 18.6 Å². The zero-order chi connectivity index (χ0) is 14.2. The molecule has 2 amide bonds. The van der Waals surface area contributed by atoms with Crippen molar-refractivity contribution in [3.05, 3.63) is 29.3 Å². The average molecular weight is 263 g/mol. The van der Waals surface area contributed by atoms with E-state index in [1.807, 2.05) is 0 Å². The van der Waals surface area contributed by atoms with Crippen molar-refractivity contribution in [1.29, 1.82) is 0 Å². The highest BCUT2D eigenvalue weighted by molar-refractivity contribution is 6.10. The van der Waals surface area contributed by atoms with Crippen molar-refractivity contribution >= 4 is 28.7 Å². The molecule has 0 aliphatic rings. The van der Waals surface area contributed by atoms with Gasteiger partial charge in [0.15, 0.2) is 0 Å². The van der Waals surface area contributed by atoms with Crippen LogP contribution in [0.2, 0.25) is 0 Å². The van der Waals surface area contributed by atoms with E-state index in [0.717, 1.165) is 0 Å². The SMILES string of the molecule is CC(O)c1ccc2c(C(=O)O)c(NC(N)=O)[nH]c2c1. The van der Waals surface area contributed by atoms with E-state index in [4.69, 9.17) is 5.73 Å². The minimum absolute atomic E-state index is 0.0257. The van der Waals surface area contributed by atoms with E-state index < -0.39 is 18.1 Å². The Kier molecular flexibility index (Phi) is 3.14. The normalized spacial score (nSPS) is 12.3. The molecule has 1 atom stereocenters. The molecule has 1 unspecified atom stereocenters. The quantitative estimate of drug-likeness (QED) is 0.573. The number of nitrogens with two attached hydrogens (primary N) is 1. The second-order valence-electron chi connectivity index (χ2n) is 4.15. The number of H-pyrrole nitrogens is 1. The highest BCUT2D eigenvalue weighted by Crippen LogP contribution is 2.28. The number of aromatic nitrogens is 1.